The number of aliphatic hydroxyl groups is 1. The first-order valence-corrected chi connectivity index (χ1v) is 19.9. The molecule has 304 valence electrons. The summed E-state index contributed by atoms with van der Waals surface area (Å²) >= 11 is 0. The highest BCUT2D eigenvalue weighted by Gasteiger charge is 2.84. The van der Waals surface area contributed by atoms with Crippen molar-refractivity contribution in [2.45, 2.75) is 110 Å². The number of aliphatic hydroxyl groups excluding tert-OH is 1. The first kappa shape index (κ1) is 40.4. The van der Waals surface area contributed by atoms with Crippen LogP contribution in [0.1, 0.15) is 97.8 Å². The van der Waals surface area contributed by atoms with Gasteiger partial charge in [-0.1, -0.05) is 29.4 Å². The molecule has 1 saturated heterocycles. The number of Topliss-reactive ketones (excluding diaryl/α,β-unsaturated/α-hetero) is 1. The van der Waals surface area contributed by atoms with Crippen LogP contribution in [0.2, 0.25) is 0 Å². The molecule has 0 amide bonds. The van der Waals surface area contributed by atoms with Gasteiger partial charge in [-0.25, -0.2) is 4.79 Å². The normalized spacial score (nSPS) is 29.6. The van der Waals surface area contributed by atoms with Crippen LogP contribution < -0.4 is 30.6 Å². The Bertz CT molecular complexity index is 2140. The fourth-order valence-electron chi connectivity index (χ4n) is 10.1. The molecule has 3 aliphatic carbocycles. The molecule has 1 aromatic carbocycles. The largest absolute Gasteiger partial charge is 0.482 e. The Morgan fingerprint density at radius 1 is 1.12 bits per heavy atom. The predicted octanol–water partition coefficient (Wildman–Crippen LogP) is 6.06. The molecule has 3 saturated carbocycles. The second kappa shape index (κ2) is 14.5. The van der Waals surface area contributed by atoms with Gasteiger partial charge in [0, 0.05) is 47.4 Å². The number of carbonyl (C=O) groups excluding carboxylic acids is 2. The lowest BCUT2D eigenvalue weighted by molar-refractivity contribution is -0.181. The van der Waals surface area contributed by atoms with E-state index in [1.807, 2.05) is 27.7 Å². The number of fused-ring (bicyclic) bond motifs is 3. The second-order valence-electron chi connectivity index (χ2n) is 17.4. The molecule has 0 aromatic heterocycles. The topological polar surface area (TPSA) is 174 Å². The summed E-state index contributed by atoms with van der Waals surface area (Å²) in [5, 5.41) is 26.8. The van der Waals surface area contributed by atoms with Gasteiger partial charge in [-0.3, -0.25) is 10.1 Å². The highest BCUT2D eigenvalue weighted by molar-refractivity contribution is 6.01. The van der Waals surface area contributed by atoms with Crippen molar-refractivity contribution in [3.63, 3.8) is 0 Å². The van der Waals surface area contributed by atoms with Gasteiger partial charge in [0.15, 0.2) is 17.0 Å². The zero-order chi connectivity index (χ0) is 41.2. The van der Waals surface area contributed by atoms with E-state index in [1.165, 1.54) is 12.7 Å². The van der Waals surface area contributed by atoms with Crippen molar-refractivity contribution in [3.05, 3.63) is 74.7 Å². The lowest BCUT2D eigenvalue weighted by Crippen LogP contribution is -2.75. The number of allylic oxidation sites excluding steroid dienone is 5. The van der Waals surface area contributed by atoms with Crippen molar-refractivity contribution in [1.82, 2.24) is 10.6 Å². The maximum absolute atomic E-state index is 15.3. The van der Waals surface area contributed by atoms with Crippen LogP contribution in [-0.2, 0) is 25.5 Å². The zero-order valence-electron chi connectivity index (χ0n) is 34.6. The van der Waals surface area contributed by atoms with E-state index in [0.717, 1.165) is 35.1 Å². The molecule has 4 bridgehead atoms. The highest BCUT2D eigenvalue weighted by atomic mass is 16.6. The Morgan fingerprint density at radius 3 is 2.53 bits per heavy atom. The summed E-state index contributed by atoms with van der Waals surface area (Å²) in [6, 6.07) is 2.34. The second-order valence-corrected chi connectivity index (χ2v) is 17.4. The molecule has 4 heterocycles. The number of nitrogens with zero attached hydrogens (tertiary/aromatic N) is 1. The van der Waals surface area contributed by atoms with Gasteiger partial charge >= 0.3 is 5.97 Å². The van der Waals surface area contributed by atoms with Crippen molar-refractivity contribution >= 4 is 23.5 Å². The van der Waals surface area contributed by atoms with Crippen LogP contribution in [0.4, 0.5) is 0 Å². The summed E-state index contributed by atoms with van der Waals surface area (Å²) < 4.78 is 33.6. The summed E-state index contributed by atoms with van der Waals surface area (Å²) in [4.78, 5) is 28.0. The van der Waals surface area contributed by atoms with E-state index in [0.29, 0.717) is 53.5 Å². The fourth-order valence-corrected chi connectivity index (χ4v) is 10.1. The van der Waals surface area contributed by atoms with Crippen molar-refractivity contribution in [3.8, 4) is 23.3 Å². The fraction of sp³-hybridized carbons (Fsp3) is 0.533. The number of hydrogen-bond acceptors (Lipinski definition) is 12. The number of esters is 1. The SMILES string of the molecule is COC(=O)/C(C)=C\CC12OC(C)(C)C3CC(C1=O)C1C(C#N)=C(N)NC4=C1C32Oc1c(CC=C(C)C)c2c(c(OCNCCO)c14)C=CC(C)(CCC=C(C)C)O2. The molecule has 6 atom stereocenters. The van der Waals surface area contributed by atoms with Gasteiger partial charge < -0.3 is 39.8 Å². The maximum atomic E-state index is 15.3. The van der Waals surface area contributed by atoms with Crippen LogP contribution >= 0.6 is 0 Å². The molecule has 1 spiro atoms. The van der Waals surface area contributed by atoms with Crippen molar-refractivity contribution in [1.29, 1.82) is 5.26 Å². The lowest BCUT2D eigenvalue weighted by atomic mass is 9.45. The minimum Gasteiger partial charge on any atom is -0.482 e. The number of rotatable bonds is 13. The van der Waals surface area contributed by atoms with Crippen LogP contribution in [-0.4, -0.2) is 66.3 Å². The summed E-state index contributed by atoms with van der Waals surface area (Å²) in [6.45, 7) is 16.3. The van der Waals surface area contributed by atoms with E-state index in [2.05, 4.69) is 61.8 Å². The Hall–Kier alpha value is -4.83. The third-order valence-corrected chi connectivity index (χ3v) is 12.6. The molecule has 4 fully saturated rings. The number of dihydropyridines is 1. The van der Waals surface area contributed by atoms with Crippen molar-refractivity contribution < 1.29 is 38.4 Å². The monoisotopic (exact) mass is 780 g/mol. The van der Waals surface area contributed by atoms with Gasteiger partial charge in [-0.2, -0.15) is 5.26 Å². The molecule has 0 radical (unpaired) electrons. The molecule has 6 unspecified atom stereocenters. The third kappa shape index (κ3) is 6.12. The highest BCUT2D eigenvalue weighted by Crippen LogP contribution is 2.73. The Labute approximate surface area is 335 Å². The number of carbonyl (C=O) groups is 2. The number of nitriles is 1. The van der Waals surface area contributed by atoms with Gasteiger partial charge in [-0.05, 0) is 93.2 Å². The molecule has 5 N–H and O–H groups in total. The number of methoxy groups -OCH3 is 1. The molecule has 1 aromatic rings. The number of nitrogens with two attached hydrogens (primary N) is 1. The summed E-state index contributed by atoms with van der Waals surface area (Å²) in [6.07, 6.45) is 12.6. The first-order chi connectivity index (χ1) is 27.0. The average molecular weight is 781 g/mol. The summed E-state index contributed by atoms with van der Waals surface area (Å²) in [5.74, 6) is -0.628. The molecule has 4 aliphatic heterocycles. The van der Waals surface area contributed by atoms with Crippen LogP contribution in [0, 0.1) is 29.1 Å². The van der Waals surface area contributed by atoms with Gasteiger partial charge in [0.2, 0.25) is 0 Å². The Morgan fingerprint density at radius 2 is 1.86 bits per heavy atom. The Kier molecular flexibility index (Phi) is 10.3. The lowest BCUT2D eigenvalue weighted by Gasteiger charge is -2.62. The van der Waals surface area contributed by atoms with E-state index in [9.17, 15) is 15.2 Å². The van der Waals surface area contributed by atoms with E-state index in [4.69, 9.17) is 29.4 Å². The number of nitrogens with one attached hydrogen (secondary N) is 2. The van der Waals surface area contributed by atoms with Gasteiger partial charge in [0.05, 0.1) is 47.8 Å². The minimum atomic E-state index is -1.57. The number of ether oxygens (including phenoxy) is 5. The molecular weight excluding hydrogens is 725 g/mol. The minimum absolute atomic E-state index is 0.0352. The van der Waals surface area contributed by atoms with E-state index < -0.39 is 40.2 Å². The predicted molar refractivity (Wildman–Crippen MR) is 216 cm³/mol. The summed E-state index contributed by atoms with van der Waals surface area (Å²) in [7, 11) is 1.32. The molecule has 8 rings (SSSR count). The molecule has 7 aliphatic rings. The smallest absolute Gasteiger partial charge is 0.333 e. The van der Waals surface area contributed by atoms with Crippen LogP contribution in [0.15, 0.2) is 58.0 Å². The van der Waals surface area contributed by atoms with E-state index >= 15 is 4.79 Å². The van der Waals surface area contributed by atoms with Gasteiger partial charge in [-0.15, -0.1) is 0 Å². The quantitative estimate of drug-likeness (QED) is 0.0601. The van der Waals surface area contributed by atoms with Gasteiger partial charge in [0.25, 0.3) is 0 Å². The average Bonchev–Trinajstić information content (AvgIpc) is 3.30. The standard InChI is InChI=1S/C45H56N4O8/c1-24(2)11-10-16-43(8)17-15-28-36(55-43)27(13-12-25(3)4)38-33(37(28)54-23-48-19-20-50)35-34-32(30(22-46)40(47)49-35)29-21-31-42(6,7)57-44(39(29)51,45(31,34)56-38)18-14-26(5)41(52)53-9/h11-12,14-15,17,29,31-32,48-50H,10,13,16,18-21,23,47H2,1-9H3/b26-14-. The van der Waals surface area contributed by atoms with Crippen molar-refractivity contribution in [2.75, 3.05) is 27.0 Å². The van der Waals surface area contributed by atoms with Crippen molar-refractivity contribution in [2.24, 2.45) is 23.5 Å². The first-order valence-electron chi connectivity index (χ1n) is 19.9. The molecule has 12 nitrogen and oxygen atoms in total. The number of hydrogen-bond donors (Lipinski definition) is 4. The van der Waals surface area contributed by atoms with Crippen LogP contribution in [0.25, 0.3) is 11.8 Å². The zero-order valence-corrected chi connectivity index (χ0v) is 34.6. The van der Waals surface area contributed by atoms with E-state index in [-0.39, 0.29) is 42.9 Å². The van der Waals surface area contributed by atoms with Gasteiger partial charge in [0.1, 0.15) is 35.4 Å². The Balaban J connectivity index is 1.56. The van der Waals surface area contributed by atoms with Crippen LogP contribution in [0.3, 0.4) is 0 Å². The molecule has 57 heavy (non-hydrogen) atoms. The molecule has 12 heteroatoms. The van der Waals surface area contributed by atoms with E-state index in [1.54, 1.807) is 13.0 Å². The summed E-state index contributed by atoms with van der Waals surface area (Å²) in [5.41, 5.74) is 8.65. The maximum Gasteiger partial charge on any atom is 0.333 e. The number of benzene rings is 1. The third-order valence-electron chi connectivity index (χ3n) is 12.6. The molecular formula is C45H56N4O8. The van der Waals surface area contributed by atoms with Crippen LogP contribution in [0.5, 0.6) is 17.2 Å². The number of ketones is 1.